The van der Waals surface area contributed by atoms with Gasteiger partial charge in [0.2, 0.25) is 11.9 Å². The maximum Gasteiger partial charge on any atom is 0.319 e. The van der Waals surface area contributed by atoms with Crippen molar-refractivity contribution in [2.75, 3.05) is 46.4 Å². The van der Waals surface area contributed by atoms with Crippen LogP contribution in [-0.2, 0) is 17.8 Å². The lowest BCUT2D eigenvalue weighted by atomic mass is 10.0. The first-order valence-electron chi connectivity index (χ1n) is 11.8. The highest BCUT2D eigenvalue weighted by Gasteiger charge is 2.14. The van der Waals surface area contributed by atoms with Crippen molar-refractivity contribution in [3.63, 3.8) is 0 Å². The molecule has 0 atom stereocenters. The maximum atomic E-state index is 14.6. The van der Waals surface area contributed by atoms with Crippen LogP contribution >= 0.6 is 0 Å². The molecule has 8 nitrogen and oxygen atoms in total. The number of likely N-dealkylation sites (N-methyl/N-ethyl adjacent to an activating group) is 1. The molecule has 4 rings (SSSR count). The summed E-state index contributed by atoms with van der Waals surface area (Å²) in [6.45, 7) is 7.61. The van der Waals surface area contributed by atoms with Crippen molar-refractivity contribution < 1.29 is 13.9 Å². The molecule has 0 saturated carbocycles. The van der Waals surface area contributed by atoms with E-state index in [1.54, 1.807) is 18.3 Å². The molecule has 1 fully saturated rings. The quantitative estimate of drug-likeness (QED) is 0.473. The largest absolute Gasteiger partial charge is 0.462 e. The molecule has 1 aliphatic heterocycles. The number of ether oxygens (including phenoxy) is 1. The average Bonchev–Trinajstić information content (AvgIpc) is 2.85. The number of hydrogen-bond acceptors (Lipinski definition) is 7. The first-order chi connectivity index (χ1) is 17.0. The summed E-state index contributed by atoms with van der Waals surface area (Å²) in [5.41, 5.74) is 3.68. The van der Waals surface area contributed by atoms with E-state index in [4.69, 9.17) is 4.74 Å². The number of rotatable bonds is 9. The third-order valence-corrected chi connectivity index (χ3v) is 6.04. The lowest BCUT2D eigenvalue weighted by Crippen LogP contribution is -2.45. The summed E-state index contributed by atoms with van der Waals surface area (Å²) in [6.07, 6.45) is 3.40. The van der Waals surface area contributed by atoms with Crippen LogP contribution in [0.3, 0.4) is 0 Å². The summed E-state index contributed by atoms with van der Waals surface area (Å²) in [6, 6.07) is 11.0. The van der Waals surface area contributed by atoms with Crippen LogP contribution in [-0.4, -0.2) is 77.0 Å². The molecule has 0 spiro atoms. The number of nitrogens with zero attached hydrogens (tertiary/aromatic N) is 5. The fourth-order valence-electron chi connectivity index (χ4n) is 3.91. The van der Waals surface area contributed by atoms with Gasteiger partial charge in [-0.1, -0.05) is 24.3 Å². The normalized spacial score (nSPS) is 14.6. The zero-order valence-corrected chi connectivity index (χ0v) is 20.2. The van der Waals surface area contributed by atoms with E-state index in [-0.39, 0.29) is 18.3 Å². The molecule has 0 unspecified atom stereocenters. The molecule has 9 heteroatoms. The molecule has 3 heterocycles. The number of hydrogen-bond donors (Lipinski definition) is 1. The van der Waals surface area contributed by atoms with Crippen LogP contribution < -0.4 is 10.1 Å². The molecular weight excluding hydrogens is 447 g/mol. The van der Waals surface area contributed by atoms with Gasteiger partial charge >= 0.3 is 6.01 Å². The van der Waals surface area contributed by atoms with Gasteiger partial charge in [-0.2, -0.15) is 9.37 Å². The molecule has 1 amide bonds. The molecule has 0 radical (unpaired) electrons. The van der Waals surface area contributed by atoms with Crippen molar-refractivity contribution in [2.45, 2.75) is 19.9 Å². The van der Waals surface area contributed by atoms with E-state index >= 15 is 0 Å². The Hall–Kier alpha value is -3.43. The SMILES string of the molecule is Cc1cc(CNC(=O)Cc2ccc(-c3cnc(OCCN4CCN(C)CC4)nc3F)cc2)ccn1. The summed E-state index contributed by atoms with van der Waals surface area (Å²) >= 11 is 0. The van der Waals surface area contributed by atoms with Crippen LogP contribution in [0.15, 0.2) is 48.8 Å². The molecule has 2 aromatic heterocycles. The van der Waals surface area contributed by atoms with Crippen LogP contribution in [0.4, 0.5) is 4.39 Å². The molecule has 0 aliphatic carbocycles. The number of piperazine rings is 1. The number of carbonyl (C=O) groups excluding carboxylic acids is 1. The monoisotopic (exact) mass is 478 g/mol. The van der Waals surface area contributed by atoms with Crippen LogP contribution in [0.5, 0.6) is 6.01 Å². The Morgan fingerprint density at radius 1 is 1.09 bits per heavy atom. The van der Waals surface area contributed by atoms with Crippen molar-refractivity contribution >= 4 is 5.91 Å². The molecule has 35 heavy (non-hydrogen) atoms. The van der Waals surface area contributed by atoms with Crippen LogP contribution in [0.25, 0.3) is 11.1 Å². The number of benzene rings is 1. The van der Waals surface area contributed by atoms with E-state index in [1.807, 2.05) is 31.2 Å². The Balaban J connectivity index is 1.26. The van der Waals surface area contributed by atoms with Gasteiger partial charge in [0.1, 0.15) is 6.61 Å². The smallest absolute Gasteiger partial charge is 0.319 e. The van der Waals surface area contributed by atoms with Crippen molar-refractivity contribution in [3.05, 3.63) is 71.6 Å². The van der Waals surface area contributed by atoms with Crippen LogP contribution in [0.2, 0.25) is 0 Å². The van der Waals surface area contributed by atoms with E-state index in [1.165, 1.54) is 6.20 Å². The molecule has 3 aromatic rings. The molecule has 1 aliphatic rings. The minimum Gasteiger partial charge on any atom is -0.462 e. The van der Waals surface area contributed by atoms with Crippen LogP contribution in [0.1, 0.15) is 16.8 Å². The number of pyridine rings is 1. The van der Waals surface area contributed by atoms with Gasteiger partial charge in [-0.25, -0.2) is 4.98 Å². The number of aryl methyl sites for hydroxylation is 1. The minimum absolute atomic E-state index is 0.0399. The molecule has 184 valence electrons. The third kappa shape index (κ3) is 7.27. The Labute approximate surface area is 205 Å². The summed E-state index contributed by atoms with van der Waals surface area (Å²) < 4.78 is 20.2. The Kier molecular flexibility index (Phi) is 8.33. The predicted molar refractivity (Wildman–Crippen MR) is 131 cm³/mol. The van der Waals surface area contributed by atoms with E-state index < -0.39 is 5.95 Å². The van der Waals surface area contributed by atoms with Gasteiger partial charge < -0.3 is 15.0 Å². The molecular formula is C26H31FN6O2. The first-order valence-corrected chi connectivity index (χ1v) is 11.8. The Morgan fingerprint density at radius 2 is 1.86 bits per heavy atom. The number of amides is 1. The second kappa shape index (κ2) is 11.8. The number of halogens is 1. The average molecular weight is 479 g/mol. The number of aromatic nitrogens is 3. The zero-order chi connectivity index (χ0) is 24.6. The molecule has 1 aromatic carbocycles. The second-order valence-corrected chi connectivity index (χ2v) is 8.81. The highest BCUT2D eigenvalue weighted by Crippen LogP contribution is 2.23. The fourth-order valence-corrected chi connectivity index (χ4v) is 3.91. The molecule has 1 saturated heterocycles. The van der Waals surface area contributed by atoms with E-state index in [0.717, 1.165) is 49.5 Å². The van der Waals surface area contributed by atoms with Crippen molar-refractivity contribution in [1.29, 1.82) is 0 Å². The van der Waals surface area contributed by atoms with Gasteiger partial charge in [-0.05, 0) is 42.8 Å². The van der Waals surface area contributed by atoms with E-state index in [2.05, 4.69) is 37.1 Å². The van der Waals surface area contributed by atoms with Gasteiger partial charge in [0.05, 0.1) is 12.0 Å². The first kappa shape index (κ1) is 24.7. The molecule has 0 bridgehead atoms. The van der Waals surface area contributed by atoms with Crippen molar-refractivity contribution in [1.82, 2.24) is 30.1 Å². The number of nitrogens with one attached hydrogen (secondary N) is 1. The summed E-state index contributed by atoms with van der Waals surface area (Å²) in [4.78, 5) is 29.1. The highest BCUT2D eigenvalue weighted by atomic mass is 19.1. The topological polar surface area (TPSA) is 83.5 Å². The van der Waals surface area contributed by atoms with Gasteiger partial charge in [0, 0.05) is 57.4 Å². The summed E-state index contributed by atoms with van der Waals surface area (Å²) in [7, 11) is 2.11. The zero-order valence-electron chi connectivity index (χ0n) is 20.2. The van der Waals surface area contributed by atoms with E-state index in [9.17, 15) is 9.18 Å². The fraction of sp³-hybridized carbons (Fsp3) is 0.385. The predicted octanol–water partition coefficient (Wildman–Crippen LogP) is 2.47. The van der Waals surface area contributed by atoms with Gasteiger partial charge in [-0.3, -0.25) is 14.7 Å². The van der Waals surface area contributed by atoms with Gasteiger partial charge in [0.25, 0.3) is 0 Å². The highest BCUT2D eigenvalue weighted by molar-refractivity contribution is 5.78. The standard InChI is InChI=1S/C26H31FN6O2/c1-19-15-21(7-8-28-19)17-29-24(34)16-20-3-5-22(6-4-20)23-18-30-26(31-25(23)27)35-14-13-33-11-9-32(2)10-12-33/h3-8,15,18H,9-14,16-17H2,1-2H3,(H,29,34). The van der Waals surface area contributed by atoms with Crippen molar-refractivity contribution in [3.8, 4) is 17.1 Å². The van der Waals surface area contributed by atoms with Gasteiger partial charge in [-0.15, -0.1) is 0 Å². The maximum absolute atomic E-state index is 14.6. The lowest BCUT2D eigenvalue weighted by Gasteiger charge is -2.31. The Morgan fingerprint density at radius 3 is 2.57 bits per heavy atom. The Bertz CT molecular complexity index is 1130. The summed E-state index contributed by atoms with van der Waals surface area (Å²) in [5, 5.41) is 2.91. The minimum atomic E-state index is -0.632. The third-order valence-electron chi connectivity index (χ3n) is 6.04. The van der Waals surface area contributed by atoms with Crippen LogP contribution in [0, 0.1) is 12.9 Å². The lowest BCUT2D eigenvalue weighted by molar-refractivity contribution is -0.120. The number of carbonyl (C=O) groups is 1. The second-order valence-electron chi connectivity index (χ2n) is 8.81. The summed E-state index contributed by atoms with van der Waals surface area (Å²) in [5.74, 6) is -0.715. The van der Waals surface area contributed by atoms with Crippen molar-refractivity contribution in [2.24, 2.45) is 0 Å². The van der Waals surface area contributed by atoms with E-state index in [0.29, 0.717) is 24.3 Å². The van der Waals surface area contributed by atoms with Gasteiger partial charge in [0.15, 0.2) is 0 Å². The molecule has 1 N–H and O–H groups in total.